The fraction of sp³-hybridized carbons (Fsp3) is 0.429. The molecule has 1 atom stereocenters. The molecule has 0 saturated heterocycles. The molecular weight excluding hydrogens is 262 g/mol. The highest BCUT2D eigenvalue weighted by Crippen LogP contribution is 2.19. The van der Waals surface area contributed by atoms with Crippen LogP contribution in [0.3, 0.4) is 0 Å². The van der Waals surface area contributed by atoms with E-state index >= 15 is 0 Å². The Morgan fingerprint density at radius 1 is 1.30 bits per heavy atom. The van der Waals surface area contributed by atoms with Crippen LogP contribution in [0.15, 0.2) is 24.5 Å². The smallest absolute Gasteiger partial charge is 0.159 e. The highest BCUT2D eigenvalue weighted by atomic mass is 19.2. The number of rotatable bonds is 6. The zero-order chi connectivity index (χ0) is 14.5. The standard InChI is InChI=1S/C14H18F2N4/c1-3-6-20-14(18-9-19-20)8-13(17-2)10-4-5-11(15)12(16)7-10/h4-5,7,9,13,17H,3,6,8H2,1-2H3. The van der Waals surface area contributed by atoms with Crippen molar-refractivity contribution in [3.05, 3.63) is 47.5 Å². The number of benzene rings is 1. The highest BCUT2D eigenvalue weighted by molar-refractivity contribution is 5.22. The van der Waals surface area contributed by atoms with Crippen LogP contribution in [-0.4, -0.2) is 21.8 Å². The summed E-state index contributed by atoms with van der Waals surface area (Å²) in [5.74, 6) is -0.841. The van der Waals surface area contributed by atoms with E-state index in [2.05, 4.69) is 22.3 Å². The van der Waals surface area contributed by atoms with Gasteiger partial charge in [-0.3, -0.25) is 4.68 Å². The van der Waals surface area contributed by atoms with Crippen molar-refractivity contribution in [3.63, 3.8) is 0 Å². The number of likely N-dealkylation sites (N-methyl/N-ethyl adjacent to an activating group) is 1. The minimum absolute atomic E-state index is 0.134. The van der Waals surface area contributed by atoms with Crippen LogP contribution in [0.1, 0.15) is 30.8 Å². The van der Waals surface area contributed by atoms with E-state index < -0.39 is 11.6 Å². The van der Waals surface area contributed by atoms with E-state index in [1.54, 1.807) is 13.1 Å². The molecule has 0 aliphatic rings. The molecule has 1 heterocycles. The van der Waals surface area contributed by atoms with Gasteiger partial charge in [0.1, 0.15) is 12.2 Å². The quantitative estimate of drug-likeness (QED) is 0.884. The monoisotopic (exact) mass is 280 g/mol. The number of hydrogen-bond donors (Lipinski definition) is 1. The van der Waals surface area contributed by atoms with Gasteiger partial charge < -0.3 is 5.32 Å². The lowest BCUT2D eigenvalue weighted by Crippen LogP contribution is -2.21. The second-order valence-electron chi connectivity index (χ2n) is 4.62. The third-order valence-electron chi connectivity index (χ3n) is 3.21. The summed E-state index contributed by atoms with van der Waals surface area (Å²) in [7, 11) is 1.78. The molecule has 2 aromatic rings. The van der Waals surface area contributed by atoms with E-state index in [1.807, 2.05) is 4.68 Å². The van der Waals surface area contributed by atoms with Gasteiger partial charge in [0, 0.05) is 19.0 Å². The summed E-state index contributed by atoms with van der Waals surface area (Å²) in [4.78, 5) is 4.23. The van der Waals surface area contributed by atoms with Gasteiger partial charge in [0.25, 0.3) is 0 Å². The number of aryl methyl sites for hydroxylation is 1. The van der Waals surface area contributed by atoms with Gasteiger partial charge in [-0.2, -0.15) is 5.10 Å². The molecule has 0 spiro atoms. The van der Waals surface area contributed by atoms with E-state index in [1.165, 1.54) is 12.4 Å². The zero-order valence-corrected chi connectivity index (χ0v) is 11.6. The van der Waals surface area contributed by atoms with Crippen LogP contribution in [0.4, 0.5) is 8.78 Å². The van der Waals surface area contributed by atoms with Crippen LogP contribution in [0.5, 0.6) is 0 Å². The van der Waals surface area contributed by atoms with Crippen molar-refractivity contribution >= 4 is 0 Å². The molecule has 0 fully saturated rings. The lowest BCUT2D eigenvalue weighted by atomic mass is 10.0. The van der Waals surface area contributed by atoms with Crippen LogP contribution in [-0.2, 0) is 13.0 Å². The largest absolute Gasteiger partial charge is 0.313 e. The molecule has 0 radical (unpaired) electrons. The van der Waals surface area contributed by atoms with E-state index in [4.69, 9.17) is 0 Å². The first-order valence-electron chi connectivity index (χ1n) is 6.64. The maximum Gasteiger partial charge on any atom is 0.159 e. The van der Waals surface area contributed by atoms with Crippen LogP contribution >= 0.6 is 0 Å². The Balaban J connectivity index is 2.19. The minimum Gasteiger partial charge on any atom is -0.313 e. The Kier molecular flexibility index (Phi) is 4.79. The van der Waals surface area contributed by atoms with Crippen molar-refractivity contribution in [3.8, 4) is 0 Å². The van der Waals surface area contributed by atoms with Crippen molar-refractivity contribution in [1.82, 2.24) is 20.1 Å². The zero-order valence-electron chi connectivity index (χ0n) is 11.6. The summed E-state index contributed by atoms with van der Waals surface area (Å²) in [5.41, 5.74) is 0.692. The molecule has 0 bridgehead atoms. The second kappa shape index (κ2) is 6.56. The topological polar surface area (TPSA) is 42.7 Å². The Morgan fingerprint density at radius 2 is 2.10 bits per heavy atom. The average molecular weight is 280 g/mol. The van der Waals surface area contributed by atoms with Crippen LogP contribution in [0.25, 0.3) is 0 Å². The summed E-state index contributed by atoms with van der Waals surface area (Å²) in [6.45, 7) is 2.86. The predicted molar refractivity (Wildman–Crippen MR) is 72.2 cm³/mol. The second-order valence-corrected chi connectivity index (χ2v) is 4.62. The molecule has 1 aromatic heterocycles. The van der Waals surface area contributed by atoms with Gasteiger partial charge in [-0.15, -0.1) is 0 Å². The van der Waals surface area contributed by atoms with Gasteiger partial charge in [-0.05, 0) is 31.2 Å². The molecule has 108 valence electrons. The first kappa shape index (κ1) is 14.6. The third-order valence-corrected chi connectivity index (χ3v) is 3.21. The van der Waals surface area contributed by atoms with E-state index in [0.717, 1.165) is 24.9 Å². The Hall–Kier alpha value is -1.82. The van der Waals surface area contributed by atoms with Crippen molar-refractivity contribution in [1.29, 1.82) is 0 Å². The molecule has 1 unspecified atom stereocenters. The molecule has 0 aliphatic heterocycles. The Labute approximate surface area is 116 Å². The number of nitrogens with zero attached hydrogens (tertiary/aromatic N) is 3. The van der Waals surface area contributed by atoms with Gasteiger partial charge in [0.05, 0.1) is 0 Å². The molecule has 6 heteroatoms. The van der Waals surface area contributed by atoms with E-state index in [-0.39, 0.29) is 6.04 Å². The molecule has 0 saturated carbocycles. The number of nitrogens with one attached hydrogen (secondary N) is 1. The summed E-state index contributed by atoms with van der Waals surface area (Å²) in [6.07, 6.45) is 3.05. The Morgan fingerprint density at radius 3 is 2.75 bits per heavy atom. The molecule has 4 nitrogen and oxygen atoms in total. The molecule has 1 aromatic carbocycles. The normalized spacial score (nSPS) is 12.6. The summed E-state index contributed by atoms with van der Waals surface area (Å²) >= 11 is 0. The maximum absolute atomic E-state index is 13.3. The fourth-order valence-electron chi connectivity index (χ4n) is 2.14. The van der Waals surface area contributed by atoms with Crippen LogP contribution in [0.2, 0.25) is 0 Å². The number of hydrogen-bond acceptors (Lipinski definition) is 3. The summed E-state index contributed by atoms with van der Waals surface area (Å²) in [6, 6.07) is 3.81. The number of halogens is 2. The first-order chi connectivity index (χ1) is 9.65. The van der Waals surface area contributed by atoms with Gasteiger partial charge in [-0.25, -0.2) is 13.8 Å². The summed E-state index contributed by atoms with van der Waals surface area (Å²) < 4.78 is 28.1. The Bertz CT molecular complexity index is 568. The van der Waals surface area contributed by atoms with Gasteiger partial charge in [0.15, 0.2) is 11.6 Å². The van der Waals surface area contributed by atoms with Crippen molar-refractivity contribution in [2.75, 3.05) is 7.05 Å². The predicted octanol–water partition coefficient (Wildman–Crippen LogP) is 2.47. The third kappa shape index (κ3) is 3.19. The lowest BCUT2D eigenvalue weighted by Gasteiger charge is -2.17. The van der Waals surface area contributed by atoms with Gasteiger partial charge in [-0.1, -0.05) is 13.0 Å². The van der Waals surface area contributed by atoms with Crippen molar-refractivity contribution in [2.45, 2.75) is 32.4 Å². The molecule has 20 heavy (non-hydrogen) atoms. The molecular formula is C14H18F2N4. The van der Waals surface area contributed by atoms with Crippen molar-refractivity contribution in [2.24, 2.45) is 0 Å². The first-order valence-corrected chi connectivity index (χ1v) is 6.64. The molecule has 0 aliphatic carbocycles. The maximum atomic E-state index is 13.3. The summed E-state index contributed by atoms with van der Waals surface area (Å²) in [5, 5.41) is 7.26. The molecule has 1 N–H and O–H groups in total. The lowest BCUT2D eigenvalue weighted by molar-refractivity contribution is 0.493. The number of aromatic nitrogens is 3. The highest BCUT2D eigenvalue weighted by Gasteiger charge is 2.16. The average Bonchev–Trinajstić information content (AvgIpc) is 2.87. The SMILES string of the molecule is CCCn1ncnc1CC(NC)c1ccc(F)c(F)c1. The van der Waals surface area contributed by atoms with Gasteiger partial charge in [0.2, 0.25) is 0 Å². The van der Waals surface area contributed by atoms with Gasteiger partial charge >= 0.3 is 0 Å². The minimum atomic E-state index is -0.835. The molecule has 0 amide bonds. The van der Waals surface area contributed by atoms with Crippen LogP contribution < -0.4 is 5.32 Å². The molecule has 2 rings (SSSR count). The van der Waals surface area contributed by atoms with E-state index in [0.29, 0.717) is 12.0 Å². The van der Waals surface area contributed by atoms with Crippen LogP contribution in [0, 0.1) is 11.6 Å². The van der Waals surface area contributed by atoms with Crippen molar-refractivity contribution < 1.29 is 8.78 Å². The van der Waals surface area contributed by atoms with E-state index in [9.17, 15) is 8.78 Å². The fourth-order valence-corrected chi connectivity index (χ4v) is 2.14.